The van der Waals surface area contributed by atoms with Crippen LogP contribution in [0.5, 0.6) is 0 Å². The summed E-state index contributed by atoms with van der Waals surface area (Å²) in [5, 5.41) is 3.18. The molecule has 0 aliphatic carbocycles. The molecule has 2 amide bonds. The maximum Gasteiger partial charge on any atom is 0.296 e. The van der Waals surface area contributed by atoms with Crippen LogP contribution < -0.4 is 5.32 Å². The number of rotatable bonds is 5. The van der Waals surface area contributed by atoms with Gasteiger partial charge >= 0.3 is 0 Å². The SMILES string of the molecule is CN1Cc2ccccc2CC1C(=O)N1CCC(c2ccc(NC(=O)C(=O)c3ccc(Cl)cc3)cc2)CC1. The summed E-state index contributed by atoms with van der Waals surface area (Å²) in [7, 11) is 2.04. The molecule has 5 rings (SSSR count). The van der Waals surface area contributed by atoms with Crippen LogP contribution in [0.3, 0.4) is 0 Å². The van der Waals surface area contributed by atoms with E-state index >= 15 is 0 Å². The number of Topliss-reactive ketones (excluding diaryl/α,β-unsaturated/α-hetero) is 1. The molecule has 190 valence electrons. The summed E-state index contributed by atoms with van der Waals surface area (Å²) in [4.78, 5) is 42.3. The van der Waals surface area contributed by atoms with Gasteiger partial charge in [0.25, 0.3) is 11.7 Å². The Balaban J connectivity index is 1.14. The van der Waals surface area contributed by atoms with Crippen molar-refractivity contribution in [1.29, 1.82) is 0 Å². The molecule has 7 heteroatoms. The Bertz CT molecular complexity index is 1300. The summed E-state index contributed by atoms with van der Waals surface area (Å²) < 4.78 is 0. The van der Waals surface area contributed by atoms with E-state index in [0.717, 1.165) is 38.9 Å². The monoisotopic (exact) mass is 515 g/mol. The second-order valence-electron chi connectivity index (χ2n) is 9.92. The highest BCUT2D eigenvalue weighted by atomic mass is 35.5. The fourth-order valence-electron chi connectivity index (χ4n) is 5.33. The van der Waals surface area contributed by atoms with Gasteiger partial charge in [-0.05, 0) is 85.3 Å². The lowest BCUT2D eigenvalue weighted by Gasteiger charge is -2.39. The second-order valence-corrected chi connectivity index (χ2v) is 10.4. The van der Waals surface area contributed by atoms with Gasteiger partial charge in [-0.3, -0.25) is 19.3 Å². The number of nitrogens with zero attached hydrogens (tertiary/aromatic N) is 2. The van der Waals surface area contributed by atoms with Crippen LogP contribution in [0.4, 0.5) is 5.69 Å². The molecular formula is C30H30ClN3O3. The lowest BCUT2D eigenvalue weighted by atomic mass is 9.88. The van der Waals surface area contributed by atoms with Gasteiger partial charge in [-0.25, -0.2) is 0 Å². The van der Waals surface area contributed by atoms with Gasteiger partial charge in [0.15, 0.2) is 0 Å². The van der Waals surface area contributed by atoms with Crippen LogP contribution in [0.25, 0.3) is 0 Å². The number of carbonyl (C=O) groups is 3. The first-order valence-corrected chi connectivity index (χ1v) is 13.0. The predicted molar refractivity (Wildman–Crippen MR) is 145 cm³/mol. The van der Waals surface area contributed by atoms with E-state index in [1.807, 2.05) is 42.3 Å². The van der Waals surface area contributed by atoms with Crippen LogP contribution in [0.15, 0.2) is 72.8 Å². The molecule has 6 nitrogen and oxygen atoms in total. The summed E-state index contributed by atoms with van der Waals surface area (Å²) in [6.45, 7) is 2.28. The maximum absolute atomic E-state index is 13.3. The number of hydrogen-bond acceptors (Lipinski definition) is 4. The summed E-state index contributed by atoms with van der Waals surface area (Å²) in [5.74, 6) is -0.713. The van der Waals surface area contributed by atoms with Crippen molar-refractivity contribution in [3.8, 4) is 0 Å². The van der Waals surface area contributed by atoms with E-state index in [1.54, 1.807) is 12.1 Å². The van der Waals surface area contributed by atoms with Gasteiger partial charge in [-0.1, -0.05) is 48.0 Å². The zero-order valence-corrected chi connectivity index (χ0v) is 21.6. The smallest absolute Gasteiger partial charge is 0.296 e. The summed E-state index contributed by atoms with van der Waals surface area (Å²) >= 11 is 5.85. The van der Waals surface area contributed by atoms with Crippen LogP contribution in [-0.2, 0) is 22.6 Å². The zero-order chi connectivity index (χ0) is 25.9. The highest BCUT2D eigenvalue weighted by molar-refractivity contribution is 6.46. The normalized spacial score (nSPS) is 18.2. The Morgan fingerprint density at radius 2 is 1.51 bits per heavy atom. The number of anilines is 1. The molecule has 1 N–H and O–H groups in total. The molecule has 2 aliphatic heterocycles. The maximum atomic E-state index is 13.3. The van der Waals surface area contributed by atoms with Crippen molar-refractivity contribution in [2.75, 3.05) is 25.5 Å². The van der Waals surface area contributed by atoms with Crippen LogP contribution in [-0.4, -0.2) is 53.6 Å². The van der Waals surface area contributed by atoms with E-state index in [9.17, 15) is 14.4 Å². The Morgan fingerprint density at radius 3 is 2.19 bits per heavy atom. The van der Waals surface area contributed by atoms with Crippen molar-refractivity contribution < 1.29 is 14.4 Å². The number of carbonyl (C=O) groups excluding carboxylic acids is 3. The number of ketones is 1. The zero-order valence-electron chi connectivity index (χ0n) is 20.8. The van der Waals surface area contributed by atoms with Gasteiger partial charge in [0.05, 0.1) is 6.04 Å². The first kappa shape index (κ1) is 25.2. The van der Waals surface area contributed by atoms with Gasteiger partial charge in [-0.15, -0.1) is 0 Å². The second kappa shape index (κ2) is 10.9. The Labute approximate surface area is 222 Å². The van der Waals surface area contributed by atoms with Gasteiger partial charge in [-0.2, -0.15) is 0 Å². The molecule has 0 spiro atoms. The lowest BCUT2D eigenvalue weighted by Crippen LogP contribution is -2.51. The molecule has 3 aromatic carbocycles. The molecule has 1 fully saturated rings. The number of likely N-dealkylation sites (N-methyl/N-ethyl adjacent to an activating group) is 1. The number of benzene rings is 3. The van der Waals surface area contributed by atoms with E-state index in [4.69, 9.17) is 11.6 Å². The fourth-order valence-corrected chi connectivity index (χ4v) is 5.46. The van der Waals surface area contributed by atoms with Crippen LogP contribution in [0.2, 0.25) is 5.02 Å². The molecule has 1 atom stereocenters. The van der Waals surface area contributed by atoms with Gasteiger partial charge in [0.1, 0.15) is 0 Å². The van der Waals surface area contributed by atoms with E-state index in [-0.39, 0.29) is 11.9 Å². The van der Waals surface area contributed by atoms with Crippen molar-refractivity contribution in [1.82, 2.24) is 9.80 Å². The summed E-state index contributed by atoms with van der Waals surface area (Å²) in [6.07, 6.45) is 2.57. The molecular weight excluding hydrogens is 486 g/mol. The first-order chi connectivity index (χ1) is 17.9. The minimum Gasteiger partial charge on any atom is -0.341 e. The fraction of sp³-hybridized carbons (Fsp3) is 0.300. The van der Waals surface area contributed by atoms with Gasteiger partial charge < -0.3 is 10.2 Å². The minimum atomic E-state index is -0.683. The number of hydrogen-bond donors (Lipinski definition) is 1. The van der Waals surface area contributed by atoms with E-state index in [2.05, 4.69) is 28.4 Å². The number of piperidine rings is 1. The molecule has 0 bridgehead atoms. The predicted octanol–water partition coefficient (Wildman–Crippen LogP) is 4.92. The molecule has 0 saturated carbocycles. The number of likely N-dealkylation sites (tertiary alicyclic amines) is 1. The lowest BCUT2D eigenvalue weighted by molar-refractivity contribution is -0.138. The Morgan fingerprint density at radius 1 is 0.865 bits per heavy atom. The van der Waals surface area contributed by atoms with Crippen molar-refractivity contribution in [2.45, 2.75) is 37.8 Å². The molecule has 2 aliphatic rings. The van der Waals surface area contributed by atoms with Crippen molar-refractivity contribution in [2.24, 2.45) is 0 Å². The molecule has 2 heterocycles. The number of amides is 2. The summed E-state index contributed by atoms with van der Waals surface area (Å²) in [5.41, 5.74) is 4.63. The third-order valence-corrected chi connectivity index (χ3v) is 7.78. The van der Waals surface area contributed by atoms with Crippen LogP contribution >= 0.6 is 11.6 Å². The van der Waals surface area contributed by atoms with Crippen molar-refractivity contribution >= 4 is 34.9 Å². The van der Waals surface area contributed by atoms with Gasteiger partial charge in [0, 0.05) is 35.9 Å². The largest absolute Gasteiger partial charge is 0.341 e. The quantitative estimate of drug-likeness (QED) is 0.386. The third-order valence-electron chi connectivity index (χ3n) is 7.53. The standard InChI is InChI=1S/C30H30ClN3O3/c1-33-19-24-5-3-2-4-23(24)18-27(33)30(37)34-16-14-21(15-17-34)20-8-12-26(13-9-20)32-29(36)28(35)22-6-10-25(31)11-7-22/h2-13,21,27H,14-19H2,1H3,(H,32,36). The average molecular weight is 516 g/mol. The highest BCUT2D eigenvalue weighted by Gasteiger charge is 2.34. The molecule has 3 aromatic rings. The first-order valence-electron chi connectivity index (χ1n) is 12.7. The molecule has 0 radical (unpaired) electrons. The number of fused-ring (bicyclic) bond motifs is 1. The van der Waals surface area contributed by atoms with E-state index in [1.165, 1.54) is 28.8 Å². The third kappa shape index (κ3) is 5.60. The van der Waals surface area contributed by atoms with Crippen molar-refractivity contribution in [3.63, 3.8) is 0 Å². The molecule has 1 saturated heterocycles. The molecule has 1 unspecified atom stereocenters. The molecule has 0 aromatic heterocycles. The summed E-state index contributed by atoms with van der Waals surface area (Å²) in [6, 6.07) is 22.2. The minimum absolute atomic E-state index is 0.107. The topological polar surface area (TPSA) is 69.7 Å². The Kier molecular flexibility index (Phi) is 7.40. The van der Waals surface area contributed by atoms with Crippen LogP contribution in [0, 0.1) is 0 Å². The number of halogens is 1. The van der Waals surface area contributed by atoms with E-state index < -0.39 is 11.7 Å². The van der Waals surface area contributed by atoms with E-state index in [0.29, 0.717) is 22.2 Å². The van der Waals surface area contributed by atoms with Gasteiger partial charge in [0.2, 0.25) is 5.91 Å². The molecule has 37 heavy (non-hydrogen) atoms. The number of nitrogens with one attached hydrogen (secondary N) is 1. The average Bonchev–Trinajstić information content (AvgIpc) is 2.93. The Hall–Kier alpha value is -3.48. The van der Waals surface area contributed by atoms with Crippen LogP contribution in [0.1, 0.15) is 45.8 Å². The highest BCUT2D eigenvalue weighted by Crippen LogP contribution is 2.30. The van der Waals surface area contributed by atoms with Crippen molar-refractivity contribution in [3.05, 3.63) is 100 Å².